The van der Waals surface area contributed by atoms with Gasteiger partial charge in [0.1, 0.15) is 0 Å². The van der Waals surface area contributed by atoms with Gasteiger partial charge in [-0.2, -0.15) is 0 Å². The Morgan fingerprint density at radius 1 is 1.53 bits per heavy atom. The molecule has 0 spiro atoms. The fourth-order valence-electron chi connectivity index (χ4n) is 2.45. The number of ether oxygens (including phenoxy) is 1. The topological polar surface area (TPSA) is 41.6 Å². The first-order valence-electron chi connectivity index (χ1n) is 6.81. The van der Waals surface area contributed by atoms with Crippen molar-refractivity contribution < 1.29 is 9.53 Å². The van der Waals surface area contributed by atoms with E-state index in [2.05, 4.69) is 17.3 Å². The van der Waals surface area contributed by atoms with E-state index in [1.165, 1.54) is 20.0 Å². The summed E-state index contributed by atoms with van der Waals surface area (Å²) in [5.74, 6) is 0.501. The maximum absolute atomic E-state index is 11.5. The van der Waals surface area contributed by atoms with E-state index >= 15 is 0 Å². The average Bonchev–Trinajstić information content (AvgIpc) is 2.97. The van der Waals surface area contributed by atoms with Gasteiger partial charge in [0.15, 0.2) is 0 Å². The van der Waals surface area contributed by atoms with E-state index < -0.39 is 0 Å². The molecule has 4 heteroatoms. The monoisotopic (exact) mass is 262 g/mol. The van der Waals surface area contributed by atoms with Gasteiger partial charge >= 0.3 is 5.97 Å². The minimum Gasteiger partial charge on any atom is -0.465 e. The second-order valence-electron chi connectivity index (χ2n) is 5.11. The molecule has 1 atom stereocenters. The van der Waals surface area contributed by atoms with Gasteiger partial charge in [-0.05, 0) is 50.0 Å². The Labute approximate surface area is 114 Å². The molecule has 4 nitrogen and oxygen atoms in total. The molecule has 1 N–H and O–H groups in total. The van der Waals surface area contributed by atoms with Crippen molar-refractivity contribution in [1.29, 1.82) is 0 Å². The van der Waals surface area contributed by atoms with Crippen LogP contribution in [0, 0.1) is 5.92 Å². The molecule has 1 fully saturated rings. The zero-order valence-corrected chi connectivity index (χ0v) is 11.7. The lowest BCUT2D eigenvalue weighted by molar-refractivity contribution is 0.0601. The number of carbonyl (C=O) groups excluding carboxylic acids is 1. The van der Waals surface area contributed by atoms with Gasteiger partial charge in [0.2, 0.25) is 0 Å². The van der Waals surface area contributed by atoms with Crippen LogP contribution < -0.4 is 10.2 Å². The van der Waals surface area contributed by atoms with Crippen molar-refractivity contribution in [2.75, 3.05) is 38.7 Å². The molecule has 1 heterocycles. The number of carbonyl (C=O) groups is 1. The number of methoxy groups -OCH3 is 1. The Hall–Kier alpha value is -1.55. The molecule has 1 aromatic rings. The summed E-state index contributed by atoms with van der Waals surface area (Å²) < 4.78 is 4.75. The maximum Gasteiger partial charge on any atom is 0.337 e. The molecular formula is C15H22N2O2. The lowest BCUT2D eigenvalue weighted by Gasteiger charge is -2.21. The normalized spacial score (nSPS) is 18.3. The number of benzene rings is 1. The highest BCUT2D eigenvalue weighted by molar-refractivity contribution is 5.90. The van der Waals surface area contributed by atoms with E-state index in [0.717, 1.165) is 31.2 Å². The third-order valence-corrected chi connectivity index (χ3v) is 3.74. The van der Waals surface area contributed by atoms with Gasteiger partial charge in [-0.1, -0.05) is 6.07 Å². The molecule has 0 bridgehead atoms. The third kappa shape index (κ3) is 3.70. The second kappa shape index (κ2) is 6.57. The van der Waals surface area contributed by atoms with Crippen LogP contribution in [0.2, 0.25) is 0 Å². The van der Waals surface area contributed by atoms with Gasteiger partial charge in [-0.3, -0.25) is 0 Å². The molecule has 104 valence electrons. The molecule has 0 amide bonds. The lowest BCUT2D eigenvalue weighted by Crippen LogP contribution is -2.22. The number of rotatable bonds is 5. The number of esters is 1. The fraction of sp³-hybridized carbons (Fsp3) is 0.533. The van der Waals surface area contributed by atoms with E-state index in [1.54, 1.807) is 6.07 Å². The van der Waals surface area contributed by atoms with Crippen LogP contribution in [0.25, 0.3) is 0 Å². The zero-order valence-electron chi connectivity index (χ0n) is 11.7. The van der Waals surface area contributed by atoms with Gasteiger partial charge in [-0.25, -0.2) is 4.79 Å². The first-order chi connectivity index (χ1) is 9.20. The molecule has 1 aromatic carbocycles. The first kappa shape index (κ1) is 13.9. The van der Waals surface area contributed by atoms with Crippen LogP contribution in [0.1, 0.15) is 23.2 Å². The quantitative estimate of drug-likeness (QED) is 0.823. The fourth-order valence-corrected chi connectivity index (χ4v) is 2.45. The Morgan fingerprint density at radius 2 is 2.37 bits per heavy atom. The van der Waals surface area contributed by atoms with Crippen LogP contribution in [0.5, 0.6) is 0 Å². The molecule has 2 rings (SSSR count). The molecule has 1 unspecified atom stereocenters. The Balaban J connectivity index is 1.94. The summed E-state index contributed by atoms with van der Waals surface area (Å²) in [6.07, 6.45) is 2.46. The van der Waals surface area contributed by atoms with Crippen molar-refractivity contribution >= 4 is 11.7 Å². The summed E-state index contributed by atoms with van der Waals surface area (Å²) in [5, 5.41) is 3.39. The van der Waals surface area contributed by atoms with E-state index in [4.69, 9.17) is 4.74 Å². The predicted molar refractivity (Wildman–Crippen MR) is 76.6 cm³/mol. The smallest absolute Gasteiger partial charge is 0.337 e. The summed E-state index contributed by atoms with van der Waals surface area (Å²) in [5.41, 5.74) is 1.67. The number of anilines is 1. The van der Waals surface area contributed by atoms with Gasteiger partial charge in [0.05, 0.1) is 12.7 Å². The summed E-state index contributed by atoms with van der Waals surface area (Å²) in [6.45, 7) is 3.29. The van der Waals surface area contributed by atoms with Crippen molar-refractivity contribution in [3.63, 3.8) is 0 Å². The largest absolute Gasteiger partial charge is 0.465 e. The molecule has 1 aliphatic heterocycles. The summed E-state index contributed by atoms with van der Waals surface area (Å²) >= 11 is 0. The standard InChI is InChI=1S/C15H22N2O2/c1-17(9-7-12-6-8-16-11-12)14-5-3-4-13(10-14)15(18)19-2/h3-5,10,12,16H,6-9,11H2,1-2H3. The number of hydrogen-bond donors (Lipinski definition) is 1. The first-order valence-corrected chi connectivity index (χ1v) is 6.81. The zero-order chi connectivity index (χ0) is 13.7. The van der Waals surface area contributed by atoms with E-state index in [9.17, 15) is 4.79 Å². The summed E-state index contributed by atoms with van der Waals surface area (Å²) in [6, 6.07) is 7.59. The third-order valence-electron chi connectivity index (χ3n) is 3.74. The molecule has 1 aliphatic rings. The highest BCUT2D eigenvalue weighted by Gasteiger charge is 2.15. The highest BCUT2D eigenvalue weighted by Crippen LogP contribution is 2.18. The summed E-state index contributed by atoms with van der Waals surface area (Å²) in [4.78, 5) is 13.7. The molecule has 0 radical (unpaired) electrons. The Bertz CT molecular complexity index is 428. The molecular weight excluding hydrogens is 240 g/mol. The van der Waals surface area contributed by atoms with Crippen LogP contribution >= 0.6 is 0 Å². The minimum atomic E-state index is -0.282. The second-order valence-corrected chi connectivity index (χ2v) is 5.11. The van der Waals surface area contributed by atoms with Crippen LogP contribution in [-0.2, 0) is 4.74 Å². The van der Waals surface area contributed by atoms with E-state index in [-0.39, 0.29) is 5.97 Å². The SMILES string of the molecule is COC(=O)c1cccc(N(C)CCC2CCNC2)c1. The van der Waals surface area contributed by atoms with Crippen LogP contribution in [-0.4, -0.2) is 39.8 Å². The van der Waals surface area contributed by atoms with E-state index in [1.807, 2.05) is 18.2 Å². The predicted octanol–water partition coefficient (Wildman–Crippen LogP) is 1.91. The Morgan fingerprint density at radius 3 is 3.05 bits per heavy atom. The average molecular weight is 262 g/mol. The molecule has 0 aromatic heterocycles. The van der Waals surface area contributed by atoms with Crippen molar-refractivity contribution in [2.24, 2.45) is 5.92 Å². The number of nitrogens with zero attached hydrogens (tertiary/aromatic N) is 1. The summed E-state index contributed by atoms with van der Waals surface area (Å²) in [7, 11) is 3.48. The van der Waals surface area contributed by atoms with Gasteiger partial charge in [0.25, 0.3) is 0 Å². The van der Waals surface area contributed by atoms with Crippen molar-refractivity contribution in [3.8, 4) is 0 Å². The van der Waals surface area contributed by atoms with Gasteiger partial charge < -0.3 is 15.0 Å². The van der Waals surface area contributed by atoms with E-state index in [0.29, 0.717) is 5.56 Å². The van der Waals surface area contributed by atoms with Crippen molar-refractivity contribution in [1.82, 2.24) is 5.32 Å². The van der Waals surface area contributed by atoms with Crippen molar-refractivity contribution in [2.45, 2.75) is 12.8 Å². The van der Waals surface area contributed by atoms with Crippen LogP contribution in [0.15, 0.2) is 24.3 Å². The molecule has 0 aliphatic carbocycles. The minimum absolute atomic E-state index is 0.282. The maximum atomic E-state index is 11.5. The Kier molecular flexibility index (Phi) is 4.80. The van der Waals surface area contributed by atoms with Crippen LogP contribution in [0.4, 0.5) is 5.69 Å². The molecule has 19 heavy (non-hydrogen) atoms. The molecule has 1 saturated heterocycles. The van der Waals surface area contributed by atoms with Gasteiger partial charge in [-0.15, -0.1) is 0 Å². The highest BCUT2D eigenvalue weighted by atomic mass is 16.5. The van der Waals surface area contributed by atoms with Gasteiger partial charge in [0, 0.05) is 19.3 Å². The van der Waals surface area contributed by atoms with Crippen LogP contribution in [0.3, 0.4) is 0 Å². The molecule has 0 saturated carbocycles. The number of nitrogens with one attached hydrogen (secondary N) is 1. The lowest BCUT2D eigenvalue weighted by atomic mass is 10.0. The number of hydrogen-bond acceptors (Lipinski definition) is 4. The van der Waals surface area contributed by atoms with Crippen molar-refractivity contribution in [3.05, 3.63) is 29.8 Å².